The van der Waals surface area contributed by atoms with Gasteiger partial charge in [0.15, 0.2) is 0 Å². The second-order valence-corrected chi connectivity index (χ2v) is 5.75. The van der Waals surface area contributed by atoms with Crippen molar-refractivity contribution in [3.05, 3.63) is 29.3 Å². The van der Waals surface area contributed by atoms with E-state index in [1.54, 1.807) is 0 Å². The van der Waals surface area contributed by atoms with Crippen molar-refractivity contribution in [1.29, 1.82) is 0 Å². The molecular formula is C17H25NO2. The Hall–Kier alpha value is -1.51. The van der Waals surface area contributed by atoms with Gasteiger partial charge < -0.3 is 10.1 Å². The van der Waals surface area contributed by atoms with Gasteiger partial charge >= 0.3 is 0 Å². The Bertz CT molecular complexity index is 450. The van der Waals surface area contributed by atoms with E-state index in [0.29, 0.717) is 19.1 Å². The van der Waals surface area contributed by atoms with Crippen molar-refractivity contribution >= 4 is 5.91 Å². The number of carbonyl (C=O) groups is 1. The molecule has 0 radical (unpaired) electrons. The highest BCUT2D eigenvalue weighted by atomic mass is 16.5. The quantitative estimate of drug-likeness (QED) is 0.893. The first-order valence-corrected chi connectivity index (χ1v) is 7.64. The van der Waals surface area contributed by atoms with Crippen molar-refractivity contribution in [2.24, 2.45) is 0 Å². The van der Waals surface area contributed by atoms with Gasteiger partial charge in [0.1, 0.15) is 5.75 Å². The second kappa shape index (κ2) is 7.32. The molecule has 0 aliphatic heterocycles. The minimum absolute atomic E-state index is 0.112. The fourth-order valence-corrected chi connectivity index (χ4v) is 2.61. The van der Waals surface area contributed by atoms with Gasteiger partial charge in [-0.15, -0.1) is 0 Å². The summed E-state index contributed by atoms with van der Waals surface area (Å²) >= 11 is 0. The lowest BCUT2D eigenvalue weighted by Gasteiger charge is -2.22. The van der Waals surface area contributed by atoms with Gasteiger partial charge in [-0.05, 0) is 49.9 Å². The standard InChI is InChI=1S/C17H25NO2/c1-13-8-9-16(12-14(13)2)20-11-10-17(19)18-15-6-4-3-5-7-15/h8-9,12,15H,3-7,10-11H2,1-2H3,(H,18,19). The zero-order chi connectivity index (χ0) is 14.4. The zero-order valence-corrected chi connectivity index (χ0v) is 12.6. The molecule has 0 atom stereocenters. The molecule has 0 bridgehead atoms. The topological polar surface area (TPSA) is 38.3 Å². The molecule has 1 aromatic carbocycles. The van der Waals surface area contributed by atoms with Gasteiger partial charge in [-0.25, -0.2) is 0 Å². The first kappa shape index (κ1) is 14.9. The summed E-state index contributed by atoms with van der Waals surface area (Å²) in [4.78, 5) is 11.8. The number of hydrogen-bond acceptors (Lipinski definition) is 2. The van der Waals surface area contributed by atoms with Crippen molar-refractivity contribution in [2.45, 2.75) is 58.4 Å². The molecule has 1 saturated carbocycles. The summed E-state index contributed by atoms with van der Waals surface area (Å²) in [7, 11) is 0. The SMILES string of the molecule is Cc1ccc(OCCC(=O)NC2CCCCC2)cc1C. The van der Waals surface area contributed by atoms with Crippen LogP contribution in [0.2, 0.25) is 0 Å². The van der Waals surface area contributed by atoms with Crippen LogP contribution < -0.4 is 10.1 Å². The van der Waals surface area contributed by atoms with Gasteiger partial charge in [0.05, 0.1) is 13.0 Å². The molecule has 1 aliphatic rings. The van der Waals surface area contributed by atoms with E-state index in [9.17, 15) is 4.79 Å². The number of carbonyl (C=O) groups excluding carboxylic acids is 1. The Labute approximate surface area is 121 Å². The van der Waals surface area contributed by atoms with Gasteiger partial charge in [-0.3, -0.25) is 4.79 Å². The Morgan fingerprint density at radius 1 is 1.20 bits per heavy atom. The average molecular weight is 275 g/mol. The molecule has 20 heavy (non-hydrogen) atoms. The molecule has 0 saturated heterocycles. The van der Waals surface area contributed by atoms with Crippen LogP contribution in [0.5, 0.6) is 5.75 Å². The van der Waals surface area contributed by atoms with Crippen LogP contribution in [0.15, 0.2) is 18.2 Å². The number of rotatable bonds is 5. The number of ether oxygens (including phenoxy) is 1. The highest BCUT2D eigenvalue weighted by Crippen LogP contribution is 2.18. The van der Waals surface area contributed by atoms with Crippen LogP contribution in [-0.4, -0.2) is 18.6 Å². The van der Waals surface area contributed by atoms with Gasteiger partial charge in [0.2, 0.25) is 5.91 Å². The van der Waals surface area contributed by atoms with E-state index in [1.165, 1.54) is 30.4 Å². The van der Waals surface area contributed by atoms with E-state index in [2.05, 4.69) is 19.2 Å². The molecule has 1 amide bonds. The average Bonchev–Trinajstić information content (AvgIpc) is 2.44. The van der Waals surface area contributed by atoms with Crippen molar-refractivity contribution in [1.82, 2.24) is 5.32 Å². The summed E-state index contributed by atoms with van der Waals surface area (Å²) in [5.74, 6) is 0.958. The van der Waals surface area contributed by atoms with Crippen LogP contribution in [0.3, 0.4) is 0 Å². The van der Waals surface area contributed by atoms with E-state index in [-0.39, 0.29) is 5.91 Å². The molecule has 1 aromatic rings. The molecule has 0 unspecified atom stereocenters. The monoisotopic (exact) mass is 275 g/mol. The largest absolute Gasteiger partial charge is 0.493 e. The van der Waals surface area contributed by atoms with Crippen LogP contribution in [0.25, 0.3) is 0 Å². The predicted molar refractivity (Wildman–Crippen MR) is 81.0 cm³/mol. The van der Waals surface area contributed by atoms with Crippen molar-refractivity contribution in [3.63, 3.8) is 0 Å². The Morgan fingerprint density at radius 2 is 1.95 bits per heavy atom. The highest BCUT2D eigenvalue weighted by Gasteiger charge is 2.15. The second-order valence-electron chi connectivity index (χ2n) is 5.75. The molecule has 3 nitrogen and oxygen atoms in total. The minimum atomic E-state index is 0.112. The summed E-state index contributed by atoms with van der Waals surface area (Å²) in [6.45, 7) is 4.59. The van der Waals surface area contributed by atoms with Crippen LogP contribution in [0, 0.1) is 13.8 Å². The van der Waals surface area contributed by atoms with E-state index >= 15 is 0 Å². The number of benzene rings is 1. The summed E-state index contributed by atoms with van der Waals surface area (Å²) in [5.41, 5.74) is 2.47. The maximum Gasteiger partial charge on any atom is 0.223 e. The molecular weight excluding hydrogens is 250 g/mol. The van der Waals surface area contributed by atoms with Crippen LogP contribution in [-0.2, 0) is 4.79 Å². The lowest BCUT2D eigenvalue weighted by atomic mass is 9.95. The molecule has 110 valence electrons. The van der Waals surface area contributed by atoms with Crippen molar-refractivity contribution < 1.29 is 9.53 Å². The van der Waals surface area contributed by atoms with Crippen LogP contribution >= 0.6 is 0 Å². The number of aryl methyl sites for hydroxylation is 2. The Morgan fingerprint density at radius 3 is 2.65 bits per heavy atom. The zero-order valence-electron chi connectivity index (χ0n) is 12.6. The normalized spacial score (nSPS) is 15.9. The molecule has 3 heteroatoms. The molecule has 1 N–H and O–H groups in total. The fraction of sp³-hybridized carbons (Fsp3) is 0.588. The number of amides is 1. The lowest BCUT2D eigenvalue weighted by molar-refractivity contribution is -0.122. The molecule has 0 aromatic heterocycles. The van der Waals surface area contributed by atoms with E-state index < -0.39 is 0 Å². The Kier molecular flexibility index (Phi) is 5.45. The first-order chi connectivity index (χ1) is 9.65. The minimum Gasteiger partial charge on any atom is -0.493 e. The van der Waals surface area contributed by atoms with Crippen LogP contribution in [0.1, 0.15) is 49.7 Å². The van der Waals surface area contributed by atoms with Crippen molar-refractivity contribution in [3.8, 4) is 5.75 Å². The fourth-order valence-electron chi connectivity index (χ4n) is 2.61. The van der Waals surface area contributed by atoms with Gasteiger partial charge in [0, 0.05) is 6.04 Å². The Balaban J connectivity index is 1.69. The maximum atomic E-state index is 11.8. The number of nitrogens with one attached hydrogen (secondary N) is 1. The molecule has 1 aliphatic carbocycles. The van der Waals surface area contributed by atoms with Gasteiger partial charge in [-0.1, -0.05) is 25.3 Å². The third-order valence-electron chi connectivity index (χ3n) is 4.05. The van der Waals surface area contributed by atoms with E-state index in [1.807, 2.05) is 18.2 Å². The third-order valence-corrected chi connectivity index (χ3v) is 4.05. The van der Waals surface area contributed by atoms with E-state index in [0.717, 1.165) is 18.6 Å². The lowest BCUT2D eigenvalue weighted by Crippen LogP contribution is -2.36. The summed E-state index contributed by atoms with van der Waals surface area (Å²) < 4.78 is 5.64. The third kappa shape index (κ3) is 4.55. The predicted octanol–water partition coefficient (Wildman–Crippen LogP) is 3.52. The maximum absolute atomic E-state index is 11.8. The molecule has 1 fully saturated rings. The first-order valence-electron chi connectivity index (χ1n) is 7.64. The molecule has 0 spiro atoms. The highest BCUT2D eigenvalue weighted by molar-refractivity contribution is 5.76. The summed E-state index contributed by atoms with van der Waals surface area (Å²) in [6, 6.07) is 6.42. The molecule has 0 heterocycles. The van der Waals surface area contributed by atoms with Gasteiger partial charge in [0.25, 0.3) is 0 Å². The number of hydrogen-bond donors (Lipinski definition) is 1. The summed E-state index contributed by atoms with van der Waals surface area (Å²) in [6.07, 6.45) is 6.48. The van der Waals surface area contributed by atoms with E-state index in [4.69, 9.17) is 4.74 Å². The van der Waals surface area contributed by atoms with Crippen molar-refractivity contribution in [2.75, 3.05) is 6.61 Å². The van der Waals surface area contributed by atoms with Gasteiger partial charge in [-0.2, -0.15) is 0 Å². The van der Waals surface area contributed by atoms with Crippen LogP contribution in [0.4, 0.5) is 0 Å². The molecule has 2 rings (SSSR count). The summed E-state index contributed by atoms with van der Waals surface area (Å²) in [5, 5.41) is 3.11. The smallest absolute Gasteiger partial charge is 0.223 e.